The molecule has 1 amide bonds. The highest BCUT2D eigenvalue weighted by Crippen LogP contribution is 2.15. The molecule has 2 N–H and O–H groups in total. The van der Waals surface area contributed by atoms with Gasteiger partial charge >= 0.3 is 0 Å². The van der Waals surface area contributed by atoms with Crippen LogP contribution in [-0.2, 0) is 14.8 Å². The monoisotopic (exact) mass is 298 g/mol. The summed E-state index contributed by atoms with van der Waals surface area (Å²) in [5, 5.41) is 2.72. The van der Waals surface area contributed by atoms with E-state index in [4.69, 9.17) is 0 Å². The molecule has 0 aliphatic carbocycles. The van der Waals surface area contributed by atoms with E-state index in [1.54, 1.807) is 12.1 Å². The van der Waals surface area contributed by atoms with Gasteiger partial charge in [-0.15, -0.1) is 0 Å². The fourth-order valence-electron chi connectivity index (χ4n) is 1.58. The van der Waals surface area contributed by atoms with Crippen LogP contribution < -0.4 is 10.0 Å². The Bertz CT molecular complexity index is 538. The molecular formula is C14H22N2O3S. The molecule has 0 aliphatic heterocycles. The van der Waals surface area contributed by atoms with Gasteiger partial charge in [0.1, 0.15) is 0 Å². The van der Waals surface area contributed by atoms with Crippen LogP contribution in [0.25, 0.3) is 0 Å². The van der Waals surface area contributed by atoms with Gasteiger partial charge in [-0.05, 0) is 44.0 Å². The van der Waals surface area contributed by atoms with Gasteiger partial charge in [0, 0.05) is 18.2 Å². The Labute approximate surface area is 120 Å². The molecule has 0 spiro atoms. The molecule has 1 aromatic carbocycles. The van der Waals surface area contributed by atoms with Crippen molar-refractivity contribution >= 4 is 21.6 Å². The number of rotatable bonds is 7. The van der Waals surface area contributed by atoms with E-state index in [2.05, 4.69) is 10.0 Å². The second kappa shape index (κ2) is 7.40. The summed E-state index contributed by atoms with van der Waals surface area (Å²) in [7, 11) is -3.49. The third-order valence-electron chi connectivity index (χ3n) is 2.89. The van der Waals surface area contributed by atoms with Crippen LogP contribution in [-0.4, -0.2) is 20.4 Å². The van der Waals surface area contributed by atoms with Gasteiger partial charge in [-0.1, -0.05) is 13.8 Å². The summed E-state index contributed by atoms with van der Waals surface area (Å²) in [4.78, 5) is 11.6. The standard InChI is InChI=1S/C14H22N2O3S/c1-4-6-14(17)15-12-7-9-13(10-8-12)20(18,19)16-11(3)5-2/h7-11,16H,4-6H2,1-3H3,(H,15,17)/t11-/m0/s1. The minimum Gasteiger partial charge on any atom is -0.326 e. The number of benzene rings is 1. The second-order valence-electron chi connectivity index (χ2n) is 4.75. The predicted molar refractivity (Wildman–Crippen MR) is 80.1 cm³/mol. The number of carbonyl (C=O) groups is 1. The Hall–Kier alpha value is -1.40. The zero-order chi connectivity index (χ0) is 15.2. The van der Waals surface area contributed by atoms with Crippen molar-refractivity contribution in [2.75, 3.05) is 5.32 Å². The molecule has 5 nitrogen and oxygen atoms in total. The summed E-state index contributed by atoms with van der Waals surface area (Å²) in [6, 6.07) is 6.07. The highest BCUT2D eigenvalue weighted by Gasteiger charge is 2.16. The Morgan fingerprint density at radius 2 is 1.80 bits per heavy atom. The third-order valence-corrected chi connectivity index (χ3v) is 4.50. The van der Waals surface area contributed by atoms with E-state index < -0.39 is 10.0 Å². The number of nitrogens with one attached hydrogen (secondary N) is 2. The highest BCUT2D eigenvalue weighted by atomic mass is 32.2. The lowest BCUT2D eigenvalue weighted by molar-refractivity contribution is -0.116. The van der Waals surface area contributed by atoms with E-state index in [1.807, 2.05) is 20.8 Å². The highest BCUT2D eigenvalue weighted by molar-refractivity contribution is 7.89. The molecule has 0 saturated heterocycles. The molecule has 0 unspecified atom stereocenters. The van der Waals surface area contributed by atoms with Crippen LogP contribution in [0.4, 0.5) is 5.69 Å². The number of carbonyl (C=O) groups excluding carboxylic acids is 1. The first-order valence-electron chi connectivity index (χ1n) is 6.81. The Balaban J connectivity index is 2.78. The predicted octanol–water partition coefficient (Wildman–Crippen LogP) is 2.50. The summed E-state index contributed by atoms with van der Waals surface area (Å²) < 4.78 is 26.7. The first-order chi connectivity index (χ1) is 9.39. The van der Waals surface area contributed by atoms with E-state index in [0.29, 0.717) is 12.1 Å². The average molecular weight is 298 g/mol. The maximum absolute atomic E-state index is 12.0. The van der Waals surface area contributed by atoms with Crippen LogP contribution in [0, 0.1) is 0 Å². The van der Waals surface area contributed by atoms with Gasteiger partial charge in [-0.2, -0.15) is 0 Å². The topological polar surface area (TPSA) is 75.3 Å². The maximum atomic E-state index is 12.0. The molecule has 0 aliphatic rings. The van der Waals surface area contributed by atoms with Gasteiger partial charge in [-0.25, -0.2) is 13.1 Å². The lowest BCUT2D eigenvalue weighted by atomic mass is 10.3. The van der Waals surface area contributed by atoms with Crippen LogP contribution in [0.1, 0.15) is 40.0 Å². The number of hydrogen-bond donors (Lipinski definition) is 2. The number of anilines is 1. The SMILES string of the molecule is CCCC(=O)Nc1ccc(S(=O)(=O)N[C@@H](C)CC)cc1. The van der Waals surface area contributed by atoms with E-state index in [9.17, 15) is 13.2 Å². The first-order valence-corrected chi connectivity index (χ1v) is 8.29. The fourth-order valence-corrected chi connectivity index (χ4v) is 2.91. The molecule has 1 aromatic rings. The van der Waals surface area contributed by atoms with Gasteiger partial charge in [-0.3, -0.25) is 4.79 Å². The molecule has 112 valence electrons. The zero-order valence-electron chi connectivity index (χ0n) is 12.1. The van der Waals surface area contributed by atoms with Crippen LogP contribution in [0.3, 0.4) is 0 Å². The van der Waals surface area contributed by atoms with E-state index in [1.165, 1.54) is 12.1 Å². The molecule has 0 fully saturated rings. The first kappa shape index (κ1) is 16.7. The number of amides is 1. The van der Waals surface area contributed by atoms with E-state index in [-0.39, 0.29) is 16.8 Å². The number of sulfonamides is 1. The summed E-state index contributed by atoms with van der Waals surface area (Å²) in [5.74, 6) is -0.0687. The zero-order valence-corrected chi connectivity index (χ0v) is 13.0. The molecule has 0 radical (unpaired) electrons. The van der Waals surface area contributed by atoms with E-state index >= 15 is 0 Å². The lowest BCUT2D eigenvalue weighted by Gasteiger charge is -2.12. The lowest BCUT2D eigenvalue weighted by Crippen LogP contribution is -2.31. The minimum atomic E-state index is -3.49. The molecule has 1 rings (SSSR count). The maximum Gasteiger partial charge on any atom is 0.240 e. The Morgan fingerprint density at radius 1 is 1.20 bits per heavy atom. The van der Waals surface area contributed by atoms with Gasteiger partial charge in [0.2, 0.25) is 15.9 Å². The largest absolute Gasteiger partial charge is 0.326 e. The summed E-state index contributed by atoms with van der Waals surface area (Å²) >= 11 is 0. The second-order valence-corrected chi connectivity index (χ2v) is 6.47. The van der Waals surface area contributed by atoms with E-state index in [0.717, 1.165) is 12.8 Å². The molecule has 20 heavy (non-hydrogen) atoms. The van der Waals surface area contributed by atoms with Crippen LogP contribution in [0.15, 0.2) is 29.2 Å². The van der Waals surface area contributed by atoms with Crippen molar-refractivity contribution in [1.29, 1.82) is 0 Å². The molecule has 0 aromatic heterocycles. The summed E-state index contributed by atoms with van der Waals surface area (Å²) in [6.45, 7) is 5.66. The molecule has 0 heterocycles. The normalized spacial score (nSPS) is 12.9. The molecular weight excluding hydrogens is 276 g/mol. The number of hydrogen-bond acceptors (Lipinski definition) is 3. The van der Waals surface area contributed by atoms with Crippen molar-refractivity contribution < 1.29 is 13.2 Å². The van der Waals surface area contributed by atoms with Gasteiger partial charge in [0.15, 0.2) is 0 Å². The average Bonchev–Trinajstić information content (AvgIpc) is 2.39. The Kier molecular flexibility index (Phi) is 6.16. The summed E-state index contributed by atoms with van der Waals surface area (Å²) in [6.07, 6.45) is 1.96. The van der Waals surface area contributed by atoms with Crippen LogP contribution in [0.2, 0.25) is 0 Å². The quantitative estimate of drug-likeness (QED) is 0.812. The van der Waals surface area contributed by atoms with Crippen molar-refractivity contribution in [3.63, 3.8) is 0 Å². The van der Waals surface area contributed by atoms with Crippen LogP contribution in [0.5, 0.6) is 0 Å². The van der Waals surface area contributed by atoms with Crippen molar-refractivity contribution in [3.05, 3.63) is 24.3 Å². The van der Waals surface area contributed by atoms with Crippen molar-refractivity contribution in [2.24, 2.45) is 0 Å². The fraction of sp³-hybridized carbons (Fsp3) is 0.500. The third kappa shape index (κ3) is 4.94. The van der Waals surface area contributed by atoms with Crippen molar-refractivity contribution in [1.82, 2.24) is 4.72 Å². The minimum absolute atomic E-state index is 0.0687. The molecule has 1 atom stereocenters. The van der Waals surface area contributed by atoms with Crippen LogP contribution >= 0.6 is 0 Å². The van der Waals surface area contributed by atoms with Gasteiger partial charge < -0.3 is 5.32 Å². The molecule has 6 heteroatoms. The Morgan fingerprint density at radius 3 is 2.30 bits per heavy atom. The van der Waals surface area contributed by atoms with Gasteiger partial charge in [0.05, 0.1) is 4.90 Å². The van der Waals surface area contributed by atoms with Crippen molar-refractivity contribution in [2.45, 2.75) is 51.0 Å². The smallest absolute Gasteiger partial charge is 0.240 e. The van der Waals surface area contributed by atoms with Gasteiger partial charge in [0.25, 0.3) is 0 Å². The molecule has 0 bridgehead atoms. The van der Waals surface area contributed by atoms with Crippen molar-refractivity contribution in [3.8, 4) is 0 Å². The molecule has 0 saturated carbocycles. The summed E-state index contributed by atoms with van der Waals surface area (Å²) in [5.41, 5.74) is 0.603.